The highest BCUT2D eigenvalue weighted by Crippen LogP contribution is 2.20. The Morgan fingerprint density at radius 1 is 1.44 bits per heavy atom. The fourth-order valence-corrected chi connectivity index (χ4v) is 1.51. The van der Waals surface area contributed by atoms with Gasteiger partial charge in [0.25, 0.3) is 0 Å². The second-order valence-corrected chi connectivity index (χ2v) is 5.07. The van der Waals surface area contributed by atoms with Crippen LogP contribution in [0.15, 0.2) is 6.20 Å². The van der Waals surface area contributed by atoms with E-state index in [9.17, 15) is 0 Å². The Balaban J connectivity index is 2.39. The van der Waals surface area contributed by atoms with Gasteiger partial charge in [0.05, 0.1) is 11.9 Å². The zero-order valence-electron chi connectivity index (χ0n) is 10.4. The van der Waals surface area contributed by atoms with Gasteiger partial charge in [-0.1, -0.05) is 6.92 Å². The fourth-order valence-electron chi connectivity index (χ4n) is 1.51. The number of hydrogen-bond donors (Lipinski definition) is 3. The van der Waals surface area contributed by atoms with Crippen LogP contribution in [0.5, 0.6) is 0 Å². The van der Waals surface area contributed by atoms with Gasteiger partial charge in [0.2, 0.25) is 0 Å². The molecule has 0 aliphatic heterocycles. The van der Waals surface area contributed by atoms with Gasteiger partial charge in [0, 0.05) is 12.1 Å². The maximum atomic E-state index is 6.03. The van der Waals surface area contributed by atoms with Gasteiger partial charge in [-0.25, -0.2) is 4.68 Å². The van der Waals surface area contributed by atoms with Crippen molar-refractivity contribution in [1.82, 2.24) is 9.78 Å². The van der Waals surface area contributed by atoms with Crippen LogP contribution in [0.2, 0.25) is 0 Å². The van der Waals surface area contributed by atoms with Crippen LogP contribution in [0.3, 0.4) is 0 Å². The van der Waals surface area contributed by atoms with Crippen LogP contribution in [0.1, 0.15) is 33.6 Å². The summed E-state index contributed by atoms with van der Waals surface area (Å²) in [6, 6.07) is 0. The van der Waals surface area contributed by atoms with Crippen LogP contribution < -0.4 is 17.2 Å². The molecule has 5 heteroatoms. The highest BCUT2D eigenvalue weighted by molar-refractivity contribution is 5.56. The largest absolute Gasteiger partial charge is 0.394 e. The molecule has 92 valence electrons. The van der Waals surface area contributed by atoms with Gasteiger partial charge in [0.15, 0.2) is 0 Å². The molecule has 0 fully saturated rings. The van der Waals surface area contributed by atoms with Crippen molar-refractivity contribution in [2.45, 2.75) is 45.7 Å². The summed E-state index contributed by atoms with van der Waals surface area (Å²) in [5.41, 5.74) is 17.8. The Labute approximate surface area is 97.0 Å². The Morgan fingerprint density at radius 2 is 2.06 bits per heavy atom. The van der Waals surface area contributed by atoms with Crippen molar-refractivity contribution in [2.75, 3.05) is 11.5 Å². The molecule has 0 amide bonds. The predicted octanol–water partition coefficient (Wildman–Crippen LogP) is 1.20. The summed E-state index contributed by atoms with van der Waals surface area (Å²) in [4.78, 5) is 0. The lowest BCUT2D eigenvalue weighted by molar-refractivity contribution is 0.313. The van der Waals surface area contributed by atoms with Crippen LogP contribution in [-0.2, 0) is 6.54 Å². The van der Waals surface area contributed by atoms with Crippen molar-refractivity contribution in [1.29, 1.82) is 0 Å². The number of anilines is 2. The number of hydrogen-bond acceptors (Lipinski definition) is 4. The third kappa shape index (κ3) is 3.13. The summed E-state index contributed by atoms with van der Waals surface area (Å²) < 4.78 is 1.74. The van der Waals surface area contributed by atoms with E-state index in [2.05, 4.69) is 25.9 Å². The van der Waals surface area contributed by atoms with E-state index >= 15 is 0 Å². The zero-order valence-corrected chi connectivity index (χ0v) is 10.4. The predicted molar refractivity (Wildman–Crippen MR) is 67.7 cm³/mol. The Morgan fingerprint density at radius 3 is 2.50 bits per heavy atom. The van der Waals surface area contributed by atoms with Crippen LogP contribution in [0.25, 0.3) is 0 Å². The number of nitrogens with zero attached hydrogens (tertiary/aromatic N) is 2. The van der Waals surface area contributed by atoms with Crippen molar-refractivity contribution in [3.8, 4) is 0 Å². The molecule has 6 N–H and O–H groups in total. The molecule has 0 aliphatic carbocycles. The van der Waals surface area contributed by atoms with Crippen molar-refractivity contribution in [3.63, 3.8) is 0 Å². The van der Waals surface area contributed by atoms with Crippen LogP contribution in [-0.4, -0.2) is 15.3 Å². The molecular weight excluding hydrogens is 202 g/mol. The summed E-state index contributed by atoms with van der Waals surface area (Å²) in [6.07, 6.45) is 3.65. The number of rotatable bonds is 5. The molecule has 1 heterocycles. The van der Waals surface area contributed by atoms with E-state index in [4.69, 9.17) is 17.2 Å². The number of aryl methyl sites for hydroxylation is 1. The molecule has 1 atom stereocenters. The lowest BCUT2D eigenvalue weighted by Gasteiger charge is -2.27. The molecule has 16 heavy (non-hydrogen) atoms. The molecule has 0 bridgehead atoms. The highest BCUT2D eigenvalue weighted by atomic mass is 15.3. The van der Waals surface area contributed by atoms with Crippen LogP contribution in [0.4, 0.5) is 11.5 Å². The average Bonchev–Trinajstić information content (AvgIpc) is 2.48. The minimum Gasteiger partial charge on any atom is -0.394 e. The molecule has 0 aliphatic rings. The van der Waals surface area contributed by atoms with E-state index in [0.29, 0.717) is 17.4 Å². The monoisotopic (exact) mass is 225 g/mol. The van der Waals surface area contributed by atoms with E-state index in [1.54, 1.807) is 10.9 Å². The van der Waals surface area contributed by atoms with Gasteiger partial charge in [-0.2, -0.15) is 5.10 Å². The summed E-state index contributed by atoms with van der Waals surface area (Å²) in [5.74, 6) is 1.03. The maximum Gasteiger partial charge on any atom is 0.145 e. The fraction of sp³-hybridized carbons (Fsp3) is 0.727. The van der Waals surface area contributed by atoms with Crippen LogP contribution in [0, 0.1) is 5.92 Å². The molecule has 5 nitrogen and oxygen atoms in total. The molecule has 1 aromatic rings. The van der Waals surface area contributed by atoms with Crippen molar-refractivity contribution >= 4 is 11.5 Å². The van der Waals surface area contributed by atoms with E-state index in [1.165, 1.54) is 0 Å². The molecule has 1 rings (SSSR count). The van der Waals surface area contributed by atoms with Gasteiger partial charge in [-0.05, 0) is 32.6 Å². The third-order valence-corrected chi connectivity index (χ3v) is 3.19. The molecule has 0 aromatic carbocycles. The topological polar surface area (TPSA) is 95.9 Å². The quantitative estimate of drug-likeness (QED) is 0.701. The highest BCUT2D eigenvalue weighted by Gasteiger charge is 2.19. The van der Waals surface area contributed by atoms with Gasteiger partial charge in [-0.15, -0.1) is 0 Å². The smallest absolute Gasteiger partial charge is 0.145 e. The first kappa shape index (κ1) is 12.8. The molecular formula is C11H23N5. The van der Waals surface area contributed by atoms with E-state index in [0.717, 1.165) is 19.4 Å². The van der Waals surface area contributed by atoms with E-state index in [-0.39, 0.29) is 5.54 Å². The number of nitrogens with two attached hydrogens (primary N) is 3. The van der Waals surface area contributed by atoms with Gasteiger partial charge in [0.1, 0.15) is 5.82 Å². The number of nitrogen functional groups attached to an aromatic ring is 2. The lowest BCUT2D eigenvalue weighted by Crippen LogP contribution is -2.39. The average molecular weight is 225 g/mol. The van der Waals surface area contributed by atoms with Gasteiger partial charge < -0.3 is 17.2 Å². The molecule has 1 aromatic heterocycles. The summed E-state index contributed by atoms with van der Waals surface area (Å²) in [6.45, 7) is 7.07. The lowest BCUT2D eigenvalue weighted by atomic mass is 9.87. The Bertz CT molecular complexity index is 337. The van der Waals surface area contributed by atoms with Crippen molar-refractivity contribution < 1.29 is 0 Å². The molecule has 0 saturated carbocycles. The summed E-state index contributed by atoms with van der Waals surface area (Å²) >= 11 is 0. The summed E-state index contributed by atoms with van der Waals surface area (Å²) in [5, 5.41) is 4.11. The van der Waals surface area contributed by atoms with Crippen molar-refractivity contribution in [3.05, 3.63) is 6.20 Å². The Kier molecular flexibility index (Phi) is 3.80. The van der Waals surface area contributed by atoms with Gasteiger partial charge in [-0.3, -0.25) is 0 Å². The van der Waals surface area contributed by atoms with E-state index in [1.807, 2.05) is 0 Å². The molecule has 0 saturated heterocycles. The maximum absolute atomic E-state index is 6.03. The normalized spacial score (nSPS) is 14.0. The number of aromatic nitrogens is 2. The van der Waals surface area contributed by atoms with Crippen molar-refractivity contribution in [2.24, 2.45) is 11.7 Å². The Hall–Kier alpha value is -1.23. The second kappa shape index (κ2) is 4.74. The van der Waals surface area contributed by atoms with Crippen LogP contribution >= 0.6 is 0 Å². The molecule has 1 unspecified atom stereocenters. The minimum atomic E-state index is -0.130. The second-order valence-electron chi connectivity index (χ2n) is 5.07. The molecule has 0 radical (unpaired) electrons. The molecule has 0 spiro atoms. The summed E-state index contributed by atoms with van der Waals surface area (Å²) in [7, 11) is 0. The van der Waals surface area contributed by atoms with Gasteiger partial charge >= 0.3 is 0 Å². The zero-order chi connectivity index (χ0) is 12.3. The minimum absolute atomic E-state index is 0.130. The first-order valence-electron chi connectivity index (χ1n) is 5.68. The first-order valence-corrected chi connectivity index (χ1v) is 5.68. The SMILES string of the molecule is CC(CCCn1ncc(N)c1N)C(C)(C)N. The van der Waals surface area contributed by atoms with E-state index < -0.39 is 0 Å². The third-order valence-electron chi connectivity index (χ3n) is 3.19. The standard InChI is InChI=1S/C11H23N5/c1-8(11(2,3)14)5-4-6-16-10(13)9(12)7-15-16/h7-8H,4-6,12-14H2,1-3H3. The first-order chi connectivity index (χ1) is 7.32.